The zero-order valence-electron chi connectivity index (χ0n) is 11.9. The molecule has 1 saturated heterocycles. The first-order chi connectivity index (χ1) is 9.58. The highest BCUT2D eigenvalue weighted by Crippen LogP contribution is 2.24. The van der Waals surface area contributed by atoms with Crippen LogP contribution in [0, 0.1) is 11.8 Å². The number of halogens is 1. The Labute approximate surface area is 128 Å². The molecule has 1 aromatic carbocycles. The van der Waals surface area contributed by atoms with Crippen LogP contribution in [0.1, 0.15) is 13.8 Å². The number of benzene rings is 1. The summed E-state index contributed by atoms with van der Waals surface area (Å²) in [5.41, 5.74) is 0. The van der Waals surface area contributed by atoms with Gasteiger partial charge in [0.05, 0.1) is 11.0 Å². The van der Waals surface area contributed by atoms with Gasteiger partial charge in [0.1, 0.15) is 11.9 Å². The summed E-state index contributed by atoms with van der Waals surface area (Å²) in [6.45, 7) is 6.34. The fraction of sp³-hybridized carbons (Fsp3) is 0.533. The quantitative estimate of drug-likeness (QED) is 0.834. The monoisotopic (exact) mass is 340 g/mol. The highest BCUT2D eigenvalue weighted by Gasteiger charge is 2.28. The minimum absolute atomic E-state index is 0.0620. The smallest absolute Gasteiger partial charge is 0.223 e. The van der Waals surface area contributed by atoms with Crippen molar-refractivity contribution in [1.82, 2.24) is 10.6 Å². The third-order valence-electron chi connectivity index (χ3n) is 3.66. The van der Waals surface area contributed by atoms with Gasteiger partial charge in [-0.1, -0.05) is 19.1 Å². The van der Waals surface area contributed by atoms with Crippen LogP contribution in [-0.2, 0) is 4.79 Å². The zero-order chi connectivity index (χ0) is 14.5. The van der Waals surface area contributed by atoms with E-state index in [0.717, 1.165) is 23.3 Å². The van der Waals surface area contributed by atoms with Crippen LogP contribution in [0.15, 0.2) is 28.7 Å². The number of nitrogens with one attached hydrogen (secondary N) is 2. The second-order valence-corrected chi connectivity index (χ2v) is 6.17. The Bertz CT molecular complexity index is 463. The Morgan fingerprint density at radius 1 is 1.45 bits per heavy atom. The van der Waals surface area contributed by atoms with Crippen molar-refractivity contribution in [3.05, 3.63) is 28.7 Å². The summed E-state index contributed by atoms with van der Waals surface area (Å²) < 4.78 is 6.73. The summed E-state index contributed by atoms with van der Waals surface area (Å²) in [6, 6.07) is 7.71. The molecule has 2 atom stereocenters. The van der Waals surface area contributed by atoms with E-state index in [1.165, 1.54) is 0 Å². The molecule has 0 radical (unpaired) electrons. The van der Waals surface area contributed by atoms with Crippen LogP contribution in [0.5, 0.6) is 5.75 Å². The van der Waals surface area contributed by atoms with Gasteiger partial charge < -0.3 is 15.4 Å². The molecule has 2 unspecified atom stereocenters. The summed E-state index contributed by atoms with van der Waals surface area (Å²) in [4.78, 5) is 12.0. The van der Waals surface area contributed by atoms with Gasteiger partial charge in [-0.3, -0.25) is 4.79 Å². The predicted molar refractivity (Wildman–Crippen MR) is 82.8 cm³/mol. The second kappa shape index (κ2) is 7.09. The number of hydrogen-bond acceptors (Lipinski definition) is 3. The molecule has 0 aromatic heterocycles. The molecule has 0 bridgehead atoms. The van der Waals surface area contributed by atoms with Gasteiger partial charge in [-0.25, -0.2) is 0 Å². The summed E-state index contributed by atoms with van der Waals surface area (Å²) >= 11 is 3.44. The van der Waals surface area contributed by atoms with Gasteiger partial charge in [-0.05, 0) is 54.0 Å². The summed E-state index contributed by atoms with van der Waals surface area (Å²) in [5.74, 6) is 1.44. The molecule has 0 spiro atoms. The van der Waals surface area contributed by atoms with Crippen molar-refractivity contribution in [3.8, 4) is 5.75 Å². The van der Waals surface area contributed by atoms with Gasteiger partial charge in [-0.15, -0.1) is 0 Å². The van der Waals surface area contributed by atoms with Crippen LogP contribution < -0.4 is 15.4 Å². The standard InChI is InChI=1S/C15H21BrN2O2/c1-10(20-14-6-4-3-5-13(14)16)7-18-15(19)11(2)12-8-17-9-12/h3-6,10-12,17H,7-9H2,1-2H3,(H,18,19). The van der Waals surface area contributed by atoms with E-state index in [1.807, 2.05) is 38.1 Å². The summed E-state index contributed by atoms with van der Waals surface area (Å²) in [5, 5.41) is 6.15. The van der Waals surface area contributed by atoms with Crippen LogP contribution in [0.3, 0.4) is 0 Å². The molecule has 20 heavy (non-hydrogen) atoms. The SMILES string of the molecule is CC(CNC(=O)C(C)C1CNC1)Oc1ccccc1Br. The van der Waals surface area contributed by atoms with Gasteiger partial charge in [0.25, 0.3) is 0 Å². The molecule has 1 heterocycles. The Morgan fingerprint density at radius 2 is 2.15 bits per heavy atom. The van der Waals surface area contributed by atoms with Crippen molar-refractivity contribution < 1.29 is 9.53 Å². The number of rotatable bonds is 6. The molecule has 1 aliphatic heterocycles. The van der Waals surface area contributed by atoms with Gasteiger partial charge in [0.15, 0.2) is 0 Å². The minimum Gasteiger partial charge on any atom is -0.488 e. The Hall–Kier alpha value is -1.07. The molecule has 5 heteroatoms. The van der Waals surface area contributed by atoms with Crippen LogP contribution >= 0.6 is 15.9 Å². The number of para-hydroxylation sites is 1. The van der Waals surface area contributed by atoms with Crippen molar-refractivity contribution >= 4 is 21.8 Å². The fourth-order valence-corrected chi connectivity index (χ4v) is 2.46. The largest absolute Gasteiger partial charge is 0.488 e. The number of amides is 1. The summed E-state index contributed by atoms with van der Waals surface area (Å²) in [7, 11) is 0. The molecule has 4 nitrogen and oxygen atoms in total. The van der Waals surface area contributed by atoms with Crippen molar-refractivity contribution in [3.63, 3.8) is 0 Å². The average Bonchev–Trinajstić information content (AvgIpc) is 2.36. The molecular weight excluding hydrogens is 320 g/mol. The molecule has 0 aliphatic carbocycles. The molecule has 1 aliphatic rings. The van der Waals surface area contributed by atoms with Crippen molar-refractivity contribution in [1.29, 1.82) is 0 Å². The first kappa shape index (κ1) is 15.3. The Balaban J connectivity index is 1.76. The highest BCUT2D eigenvalue weighted by atomic mass is 79.9. The van der Waals surface area contributed by atoms with Crippen LogP contribution in [0.25, 0.3) is 0 Å². The normalized spacial score (nSPS) is 17.9. The molecule has 2 N–H and O–H groups in total. The van der Waals surface area contributed by atoms with Crippen molar-refractivity contribution in [2.75, 3.05) is 19.6 Å². The maximum absolute atomic E-state index is 12.0. The van der Waals surface area contributed by atoms with Gasteiger partial charge in [0, 0.05) is 5.92 Å². The fourth-order valence-electron chi connectivity index (χ4n) is 2.08. The lowest BCUT2D eigenvalue weighted by Gasteiger charge is -2.32. The molecule has 1 amide bonds. The van der Waals surface area contributed by atoms with Gasteiger partial charge >= 0.3 is 0 Å². The second-order valence-electron chi connectivity index (χ2n) is 5.31. The molecular formula is C15H21BrN2O2. The van der Waals surface area contributed by atoms with Gasteiger partial charge in [0.2, 0.25) is 5.91 Å². The Morgan fingerprint density at radius 3 is 2.75 bits per heavy atom. The maximum Gasteiger partial charge on any atom is 0.223 e. The van der Waals surface area contributed by atoms with Crippen LogP contribution in [0.2, 0.25) is 0 Å². The first-order valence-corrected chi connectivity index (χ1v) is 7.77. The summed E-state index contributed by atoms with van der Waals surface area (Å²) in [6.07, 6.45) is -0.0654. The van der Waals surface area contributed by atoms with Crippen molar-refractivity contribution in [2.45, 2.75) is 20.0 Å². The number of hydrogen-bond donors (Lipinski definition) is 2. The molecule has 2 rings (SSSR count). The average molecular weight is 341 g/mol. The van der Waals surface area contributed by atoms with Crippen molar-refractivity contribution in [2.24, 2.45) is 11.8 Å². The van der Waals surface area contributed by atoms with E-state index in [9.17, 15) is 4.79 Å². The van der Waals surface area contributed by atoms with E-state index in [1.54, 1.807) is 0 Å². The molecule has 0 saturated carbocycles. The minimum atomic E-state index is -0.0654. The number of ether oxygens (including phenoxy) is 1. The van der Waals surface area contributed by atoms with Gasteiger partial charge in [-0.2, -0.15) is 0 Å². The van der Waals surface area contributed by atoms with E-state index in [0.29, 0.717) is 12.5 Å². The lowest BCUT2D eigenvalue weighted by atomic mass is 9.88. The number of carbonyl (C=O) groups is 1. The lowest BCUT2D eigenvalue weighted by Crippen LogP contribution is -2.50. The topological polar surface area (TPSA) is 50.4 Å². The molecule has 1 fully saturated rings. The first-order valence-electron chi connectivity index (χ1n) is 6.97. The van der Waals surface area contributed by atoms with E-state index in [2.05, 4.69) is 26.6 Å². The van der Waals surface area contributed by atoms with E-state index >= 15 is 0 Å². The Kier molecular flexibility index (Phi) is 5.43. The lowest BCUT2D eigenvalue weighted by molar-refractivity contribution is -0.127. The molecule has 1 aromatic rings. The maximum atomic E-state index is 12.0. The molecule has 110 valence electrons. The van der Waals surface area contributed by atoms with Crippen LogP contribution in [-0.4, -0.2) is 31.6 Å². The third-order valence-corrected chi connectivity index (χ3v) is 4.32. The van der Waals surface area contributed by atoms with Crippen LogP contribution in [0.4, 0.5) is 0 Å². The predicted octanol–water partition coefficient (Wildman–Crippen LogP) is 2.19. The highest BCUT2D eigenvalue weighted by molar-refractivity contribution is 9.10. The third kappa shape index (κ3) is 3.96. The van der Waals surface area contributed by atoms with E-state index < -0.39 is 0 Å². The van der Waals surface area contributed by atoms with E-state index in [-0.39, 0.29) is 17.9 Å². The number of carbonyl (C=O) groups excluding carboxylic acids is 1. The zero-order valence-corrected chi connectivity index (χ0v) is 13.4. The van der Waals surface area contributed by atoms with E-state index in [4.69, 9.17) is 4.74 Å².